The molecule has 9 aromatic carbocycles. The zero-order chi connectivity index (χ0) is 36.7. The molecule has 0 saturated heterocycles. The molecule has 0 aliphatic carbocycles. The molecule has 3 aromatic heterocycles. The highest BCUT2D eigenvalue weighted by molar-refractivity contribution is 6.29. The van der Waals surface area contributed by atoms with E-state index in [9.17, 15) is 0 Å². The largest absolute Gasteiger partial charge is 0.309 e. The van der Waals surface area contributed by atoms with Gasteiger partial charge in [0.2, 0.25) is 5.95 Å². The minimum atomic E-state index is 0.666. The van der Waals surface area contributed by atoms with Crippen molar-refractivity contribution in [3.05, 3.63) is 194 Å². The fourth-order valence-electron chi connectivity index (χ4n) is 9.06. The minimum absolute atomic E-state index is 0.666. The highest BCUT2D eigenvalue weighted by Crippen LogP contribution is 2.43. The molecule has 4 heteroatoms. The molecule has 56 heavy (non-hydrogen) atoms. The average Bonchev–Trinajstić information content (AvgIpc) is 3.80. The smallest absolute Gasteiger partial charge is 0.235 e. The van der Waals surface area contributed by atoms with Crippen LogP contribution < -0.4 is 0 Å². The molecular formula is C52H32N4. The Morgan fingerprint density at radius 3 is 1.34 bits per heavy atom. The number of hydrogen-bond acceptors (Lipinski definition) is 2. The summed E-state index contributed by atoms with van der Waals surface area (Å²) in [5.74, 6) is 0.666. The van der Waals surface area contributed by atoms with Gasteiger partial charge in [-0.2, -0.15) is 0 Å². The number of aromatic nitrogens is 4. The Balaban J connectivity index is 1.05. The second kappa shape index (κ2) is 12.0. The van der Waals surface area contributed by atoms with Crippen LogP contribution in [0, 0.1) is 0 Å². The first kappa shape index (κ1) is 30.9. The Hall–Kier alpha value is -7.56. The minimum Gasteiger partial charge on any atom is -0.309 e. The molecule has 0 fully saturated rings. The van der Waals surface area contributed by atoms with Gasteiger partial charge in [0.25, 0.3) is 0 Å². The molecule has 0 aliphatic rings. The van der Waals surface area contributed by atoms with Crippen LogP contribution in [0.15, 0.2) is 194 Å². The Kier molecular flexibility index (Phi) is 6.60. The third kappa shape index (κ3) is 4.47. The van der Waals surface area contributed by atoms with Crippen molar-refractivity contribution in [3.8, 4) is 33.9 Å². The van der Waals surface area contributed by atoms with Crippen LogP contribution in [-0.4, -0.2) is 19.1 Å². The summed E-state index contributed by atoms with van der Waals surface area (Å²) in [5, 5.41) is 10.6. The van der Waals surface area contributed by atoms with Crippen molar-refractivity contribution < 1.29 is 0 Å². The Morgan fingerprint density at radius 1 is 0.304 bits per heavy atom. The number of para-hydroxylation sites is 2. The number of benzene rings is 9. The lowest BCUT2D eigenvalue weighted by atomic mass is 9.98. The normalized spacial score (nSPS) is 11.9. The molecule has 0 radical (unpaired) electrons. The summed E-state index contributed by atoms with van der Waals surface area (Å²) in [6, 6.07) is 67.5. The molecule has 260 valence electrons. The zero-order valence-corrected chi connectivity index (χ0v) is 30.3. The molecule has 0 unspecified atom stereocenters. The third-order valence-electron chi connectivity index (χ3n) is 11.6. The second-order valence-corrected chi connectivity index (χ2v) is 14.6. The topological polar surface area (TPSA) is 35.6 Å². The van der Waals surface area contributed by atoms with E-state index in [1.54, 1.807) is 0 Å². The molecule has 4 nitrogen and oxygen atoms in total. The van der Waals surface area contributed by atoms with Crippen LogP contribution in [0.4, 0.5) is 0 Å². The lowest BCUT2D eigenvalue weighted by Gasteiger charge is -2.12. The van der Waals surface area contributed by atoms with Gasteiger partial charge in [-0.25, -0.2) is 9.97 Å². The summed E-state index contributed by atoms with van der Waals surface area (Å²) >= 11 is 0. The lowest BCUT2D eigenvalue weighted by Crippen LogP contribution is -2.01. The zero-order valence-electron chi connectivity index (χ0n) is 30.3. The Morgan fingerprint density at radius 2 is 0.732 bits per heavy atom. The summed E-state index contributed by atoms with van der Waals surface area (Å²) < 4.78 is 4.65. The molecule has 0 aliphatic heterocycles. The quantitative estimate of drug-likeness (QED) is 0.170. The van der Waals surface area contributed by atoms with E-state index in [0.29, 0.717) is 5.95 Å². The third-order valence-corrected chi connectivity index (χ3v) is 11.6. The lowest BCUT2D eigenvalue weighted by molar-refractivity contribution is 1.01. The standard InChI is InChI=1S/C52H32N4/c1-2-12-33(13-3-1)34-22-24-35(25-23-34)36-26-28-37(29-27-36)55-45-20-10-8-18-42(45)49-47(55)30-31-48-50(49)43-19-9-11-21-46(43)56(48)52-53-32-44-40-16-5-4-14-38(40)39-15-6-7-17-41(39)51(44)54-52/h1-32H. The van der Waals surface area contributed by atoms with Gasteiger partial charge in [0.05, 0.1) is 27.6 Å². The highest BCUT2D eigenvalue weighted by atomic mass is 15.2. The van der Waals surface area contributed by atoms with Gasteiger partial charge in [-0.1, -0.05) is 152 Å². The average molecular weight is 713 g/mol. The Labute approximate surface area is 322 Å². The van der Waals surface area contributed by atoms with Crippen molar-refractivity contribution in [2.24, 2.45) is 0 Å². The highest BCUT2D eigenvalue weighted by Gasteiger charge is 2.22. The SMILES string of the molecule is c1ccc(-c2ccc(-c3ccc(-n4c5ccccc5c5c6c7ccccc7n(-c7ncc8c9ccccc9c9ccccc9c8n7)c6ccc54)cc3)cc2)cc1. The van der Waals surface area contributed by atoms with E-state index in [1.165, 1.54) is 71.0 Å². The number of fused-ring (bicyclic) bond motifs is 13. The van der Waals surface area contributed by atoms with Gasteiger partial charge in [0, 0.05) is 44.2 Å². The van der Waals surface area contributed by atoms with Gasteiger partial charge in [-0.15, -0.1) is 0 Å². The summed E-state index contributed by atoms with van der Waals surface area (Å²) in [4.78, 5) is 10.5. The number of rotatable bonds is 4. The molecular weight excluding hydrogens is 681 g/mol. The van der Waals surface area contributed by atoms with Crippen molar-refractivity contribution in [2.45, 2.75) is 0 Å². The second-order valence-electron chi connectivity index (χ2n) is 14.6. The van der Waals surface area contributed by atoms with Crippen LogP contribution in [-0.2, 0) is 0 Å². The Bertz CT molecular complexity index is 3470. The van der Waals surface area contributed by atoms with E-state index < -0.39 is 0 Å². The van der Waals surface area contributed by atoms with Gasteiger partial charge >= 0.3 is 0 Å². The first-order valence-electron chi connectivity index (χ1n) is 19.1. The van der Waals surface area contributed by atoms with Crippen molar-refractivity contribution in [3.63, 3.8) is 0 Å². The first-order valence-corrected chi connectivity index (χ1v) is 19.1. The van der Waals surface area contributed by atoms with Crippen LogP contribution in [0.25, 0.3) is 110 Å². The van der Waals surface area contributed by atoms with Crippen LogP contribution >= 0.6 is 0 Å². The maximum absolute atomic E-state index is 5.39. The number of nitrogens with zero attached hydrogens (tertiary/aromatic N) is 4. The summed E-state index contributed by atoms with van der Waals surface area (Å²) in [7, 11) is 0. The monoisotopic (exact) mass is 712 g/mol. The first-order chi connectivity index (χ1) is 27.8. The van der Waals surface area contributed by atoms with Gasteiger partial charge in [0.15, 0.2) is 0 Å². The molecule has 0 N–H and O–H groups in total. The molecule has 0 saturated carbocycles. The van der Waals surface area contributed by atoms with Crippen molar-refractivity contribution in [1.29, 1.82) is 0 Å². The van der Waals surface area contributed by atoms with Crippen LogP contribution in [0.2, 0.25) is 0 Å². The molecule has 0 atom stereocenters. The predicted molar refractivity (Wildman–Crippen MR) is 234 cm³/mol. The van der Waals surface area contributed by atoms with E-state index in [1.807, 2.05) is 6.20 Å². The van der Waals surface area contributed by atoms with E-state index in [-0.39, 0.29) is 0 Å². The van der Waals surface area contributed by atoms with Crippen molar-refractivity contribution in [2.75, 3.05) is 0 Å². The van der Waals surface area contributed by atoms with Crippen LogP contribution in [0.3, 0.4) is 0 Å². The van der Waals surface area contributed by atoms with Gasteiger partial charge < -0.3 is 4.57 Å². The van der Waals surface area contributed by atoms with Crippen LogP contribution in [0.1, 0.15) is 0 Å². The molecule has 0 amide bonds. The molecule has 12 aromatic rings. The van der Waals surface area contributed by atoms with Crippen molar-refractivity contribution in [1.82, 2.24) is 19.1 Å². The molecule has 12 rings (SSSR count). The fraction of sp³-hybridized carbons (Fsp3) is 0. The summed E-state index contributed by atoms with van der Waals surface area (Å²) in [5.41, 5.74) is 11.4. The molecule has 0 spiro atoms. The van der Waals surface area contributed by atoms with Gasteiger partial charge in [-0.05, 0) is 74.8 Å². The molecule has 3 heterocycles. The fourth-order valence-corrected chi connectivity index (χ4v) is 9.06. The predicted octanol–water partition coefficient (Wildman–Crippen LogP) is 13.5. The van der Waals surface area contributed by atoms with E-state index in [2.05, 4.69) is 197 Å². The van der Waals surface area contributed by atoms with E-state index >= 15 is 0 Å². The van der Waals surface area contributed by atoms with E-state index in [0.717, 1.165) is 33.0 Å². The number of hydrogen-bond donors (Lipinski definition) is 0. The van der Waals surface area contributed by atoms with Gasteiger partial charge in [0.1, 0.15) is 0 Å². The maximum atomic E-state index is 5.39. The van der Waals surface area contributed by atoms with Crippen LogP contribution in [0.5, 0.6) is 0 Å². The van der Waals surface area contributed by atoms with Crippen molar-refractivity contribution >= 4 is 76.1 Å². The summed E-state index contributed by atoms with van der Waals surface area (Å²) in [6.45, 7) is 0. The van der Waals surface area contributed by atoms with E-state index in [4.69, 9.17) is 9.97 Å². The summed E-state index contributed by atoms with van der Waals surface area (Å²) in [6.07, 6.45) is 2.01. The maximum Gasteiger partial charge on any atom is 0.235 e. The van der Waals surface area contributed by atoms with Gasteiger partial charge in [-0.3, -0.25) is 4.57 Å². The molecule has 0 bridgehead atoms.